The van der Waals surface area contributed by atoms with Gasteiger partial charge in [-0.15, -0.1) is 0 Å². The number of hydrogen-bond acceptors (Lipinski definition) is 4. The van der Waals surface area contributed by atoms with Gasteiger partial charge in [0, 0.05) is 37.9 Å². The maximum Gasteiger partial charge on any atom is 0.224 e. The molecule has 0 spiro atoms. The van der Waals surface area contributed by atoms with Crippen LogP contribution in [0, 0.1) is 0 Å². The Bertz CT molecular complexity index is 1350. The van der Waals surface area contributed by atoms with Crippen molar-refractivity contribution in [3.05, 3.63) is 120 Å². The van der Waals surface area contributed by atoms with E-state index in [2.05, 4.69) is 20.6 Å². The summed E-state index contributed by atoms with van der Waals surface area (Å²) in [4.78, 5) is 34.1. The van der Waals surface area contributed by atoms with Gasteiger partial charge in [-0.05, 0) is 55.9 Å². The van der Waals surface area contributed by atoms with Gasteiger partial charge in [0.25, 0.3) is 0 Å². The average molecular weight is 475 g/mol. The highest BCUT2D eigenvalue weighted by Gasteiger charge is 2.17. The fourth-order valence-electron chi connectivity index (χ4n) is 4.54. The average Bonchev–Trinajstić information content (AvgIpc) is 2.93. The van der Waals surface area contributed by atoms with E-state index in [1.165, 1.54) is 0 Å². The number of nitrogens with zero attached hydrogens (tertiary/aromatic N) is 2. The van der Waals surface area contributed by atoms with Crippen LogP contribution in [0.4, 0.5) is 0 Å². The fraction of sp³-hybridized carbons (Fsp3) is 0.133. The Morgan fingerprint density at radius 1 is 0.556 bits per heavy atom. The third-order valence-electron chi connectivity index (χ3n) is 6.25. The second-order valence-electron chi connectivity index (χ2n) is 8.68. The number of carbonyl (C=O) groups is 2. The van der Waals surface area contributed by atoms with Crippen molar-refractivity contribution in [3.8, 4) is 0 Å². The molecule has 2 N–H and O–H groups in total. The van der Waals surface area contributed by atoms with Crippen molar-refractivity contribution < 1.29 is 9.59 Å². The van der Waals surface area contributed by atoms with Gasteiger partial charge in [0.05, 0.1) is 12.8 Å². The van der Waals surface area contributed by atoms with Crippen LogP contribution in [0.1, 0.15) is 22.3 Å². The molecule has 36 heavy (non-hydrogen) atoms. The monoisotopic (exact) mass is 474 g/mol. The summed E-state index contributed by atoms with van der Waals surface area (Å²) in [7, 11) is 0. The Hall–Kier alpha value is -4.58. The van der Waals surface area contributed by atoms with E-state index in [4.69, 9.17) is 0 Å². The molecule has 6 heteroatoms. The number of nitrogens with one attached hydrogen (secondary N) is 2. The topological polar surface area (TPSA) is 84.0 Å². The van der Waals surface area contributed by atoms with Gasteiger partial charge in [0.1, 0.15) is 0 Å². The van der Waals surface area contributed by atoms with E-state index in [1.54, 1.807) is 24.8 Å². The number of amides is 2. The van der Waals surface area contributed by atoms with Crippen molar-refractivity contribution in [2.24, 2.45) is 0 Å². The molecule has 5 rings (SSSR count). The van der Waals surface area contributed by atoms with Gasteiger partial charge in [0.2, 0.25) is 11.8 Å². The minimum Gasteiger partial charge on any atom is -0.352 e. The van der Waals surface area contributed by atoms with E-state index in [0.717, 1.165) is 43.8 Å². The van der Waals surface area contributed by atoms with Gasteiger partial charge in [-0.2, -0.15) is 0 Å². The highest BCUT2D eigenvalue weighted by Crippen LogP contribution is 2.33. The van der Waals surface area contributed by atoms with Crippen LogP contribution in [0.3, 0.4) is 0 Å². The van der Waals surface area contributed by atoms with Crippen LogP contribution in [-0.4, -0.2) is 21.8 Å². The Labute approximate surface area is 209 Å². The number of benzene rings is 3. The van der Waals surface area contributed by atoms with Crippen molar-refractivity contribution >= 4 is 33.4 Å². The molecule has 0 bridgehead atoms. The summed E-state index contributed by atoms with van der Waals surface area (Å²) in [6.07, 6.45) is 7.41. The molecule has 6 nitrogen and oxygen atoms in total. The van der Waals surface area contributed by atoms with Gasteiger partial charge in [0.15, 0.2) is 0 Å². The molecule has 2 aromatic heterocycles. The third-order valence-corrected chi connectivity index (χ3v) is 6.25. The van der Waals surface area contributed by atoms with Crippen molar-refractivity contribution in [1.29, 1.82) is 0 Å². The summed E-state index contributed by atoms with van der Waals surface area (Å²) >= 11 is 0. The summed E-state index contributed by atoms with van der Waals surface area (Å²) in [5.74, 6) is -0.118. The van der Waals surface area contributed by atoms with Crippen molar-refractivity contribution in [3.63, 3.8) is 0 Å². The molecule has 0 saturated heterocycles. The lowest BCUT2D eigenvalue weighted by atomic mass is 9.89. The molecular weight excluding hydrogens is 448 g/mol. The standard InChI is InChI=1S/C30H26N4O2/c35-29(33-19-21-7-5-13-31-17-21)15-27-23-9-1-2-10-24(23)28(26-12-4-3-11-25(26)27)16-30(36)34-20-22-8-6-14-32-18-22/h1-14,17-18H,15-16,19-20H2,(H,33,35)(H,34,36). The van der Waals surface area contributed by atoms with Crippen LogP contribution in [0.2, 0.25) is 0 Å². The summed E-state index contributed by atoms with van der Waals surface area (Å²) in [5.41, 5.74) is 3.83. The lowest BCUT2D eigenvalue weighted by molar-refractivity contribution is -0.121. The molecule has 0 aliphatic heterocycles. The van der Waals surface area contributed by atoms with Crippen LogP contribution < -0.4 is 10.6 Å². The molecule has 0 saturated carbocycles. The van der Waals surface area contributed by atoms with Crippen molar-refractivity contribution in [2.75, 3.05) is 0 Å². The highest BCUT2D eigenvalue weighted by atomic mass is 16.2. The molecule has 0 atom stereocenters. The summed E-state index contributed by atoms with van der Waals surface area (Å²) in [5, 5.41) is 9.97. The molecule has 0 radical (unpaired) electrons. The number of pyridine rings is 2. The van der Waals surface area contributed by atoms with Gasteiger partial charge >= 0.3 is 0 Å². The van der Waals surface area contributed by atoms with E-state index in [-0.39, 0.29) is 24.7 Å². The maximum atomic E-state index is 13.0. The lowest BCUT2D eigenvalue weighted by Gasteiger charge is -2.17. The zero-order valence-corrected chi connectivity index (χ0v) is 19.8. The zero-order valence-electron chi connectivity index (χ0n) is 19.8. The largest absolute Gasteiger partial charge is 0.352 e. The Morgan fingerprint density at radius 3 is 1.28 bits per heavy atom. The van der Waals surface area contributed by atoms with E-state index < -0.39 is 0 Å². The van der Waals surface area contributed by atoms with Gasteiger partial charge in [-0.1, -0.05) is 60.7 Å². The molecule has 178 valence electrons. The molecule has 0 aliphatic carbocycles. The SMILES string of the molecule is O=C(Cc1c2ccccc2c(CC(=O)NCc2cccnc2)c2ccccc12)NCc1cccnc1. The molecule has 5 aromatic rings. The first-order valence-corrected chi connectivity index (χ1v) is 11.9. The number of rotatable bonds is 8. The molecule has 2 heterocycles. The van der Waals surface area contributed by atoms with Crippen LogP contribution in [0.15, 0.2) is 97.6 Å². The second kappa shape index (κ2) is 10.8. The Morgan fingerprint density at radius 2 is 0.944 bits per heavy atom. The Balaban J connectivity index is 1.44. The smallest absolute Gasteiger partial charge is 0.224 e. The van der Waals surface area contributed by atoms with Crippen molar-refractivity contribution in [2.45, 2.75) is 25.9 Å². The van der Waals surface area contributed by atoms with E-state index >= 15 is 0 Å². The molecule has 0 aliphatic rings. The van der Waals surface area contributed by atoms with Gasteiger partial charge in [-0.3, -0.25) is 19.6 Å². The first-order chi connectivity index (χ1) is 17.7. The normalized spacial score (nSPS) is 10.9. The predicted octanol–water partition coefficient (Wildman–Crippen LogP) is 4.50. The van der Waals surface area contributed by atoms with Crippen LogP contribution in [0.5, 0.6) is 0 Å². The Kier molecular flexibility index (Phi) is 6.94. The summed E-state index contributed by atoms with van der Waals surface area (Å²) < 4.78 is 0. The summed E-state index contributed by atoms with van der Waals surface area (Å²) in [6.45, 7) is 0.857. The quantitative estimate of drug-likeness (QED) is 0.324. The molecule has 2 amide bonds. The fourth-order valence-corrected chi connectivity index (χ4v) is 4.54. The zero-order chi connectivity index (χ0) is 24.7. The molecule has 0 fully saturated rings. The number of fused-ring (bicyclic) bond motifs is 2. The minimum absolute atomic E-state index is 0.0591. The molecule has 0 unspecified atom stereocenters. The third kappa shape index (κ3) is 5.23. The maximum absolute atomic E-state index is 13.0. The number of carbonyl (C=O) groups excluding carboxylic acids is 2. The lowest BCUT2D eigenvalue weighted by Crippen LogP contribution is -2.25. The van der Waals surface area contributed by atoms with Crippen molar-refractivity contribution in [1.82, 2.24) is 20.6 Å². The highest BCUT2D eigenvalue weighted by molar-refractivity contribution is 6.09. The summed E-state index contributed by atoms with van der Waals surface area (Å²) in [6, 6.07) is 23.6. The number of aromatic nitrogens is 2. The van der Waals surface area contributed by atoms with Crippen LogP contribution in [0.25, 0.3) is 21.5 Å². The molecule has 3 aromatic carbocycles. The van der Waals surface area contributed by atoms with E-state index in [1.807, 2.05) is 72.8 Å². The second-order valence-corrected chi connectivity index (χ2v) is 8.68. The van der Waals surface area contributed by atoms with Crippen LogP contribution >= 0.6 is 0 Å². The first kappa shape index (κ1) is 23.2. The first-order valence-electron chi connectivity index (χ1n) is 11.9. The van der Waals surface area contributed by atoms with Crippen LogP contribution in [-0.2, 0) is 35.5 Å². The predicted molar refractivity (Wildman–Crippen MR) is 141 cm³/mol. The van der Waals surface area contributed by atoms with Gasteiger partial charge in [-0.25, -0.2) is 0 Å². The number of hydrogen-bond donors (Lipinski definition) is 2. The minimum atomic E-state index is -0.0591. The van der Waals surface area contributed by atoms with Gasteiger partial charge < -0.3 is 10.6 Å². The van der Waals surface area contributed by atoms with E-state index in [9.17, 15) is 9.59 Å². The molecular formula is C30H26N4O2. The van der Waals surface area contributed by atoms with E-state index in [0.29, 0.717) is 13.1 Å².